The second-order valence-corrected chi connectivity index (χ2v) is 4.68. The summed E-state index contributed by atoms with van der Waals surface area (Å²) < 4.78 is 5.26. The average Bonchev–Trinajstić information content (AvgIpc) is 2.89. The number of fused-ring (bicyclic) bond motifs is 1. The fourth-order valence-electron chi connectivity index (χ4n) is 2.02. The number of benzene rings is 1. The molecule has 0 atom stereocenters. The summed E-state index contributed by atoms with van der Waals surface area (Å²) >= 11 is 0. The van der Waals surface area contributed by atoms with Crippen LogP contribution in [0.1, 0.15) is 49.4 Å². The number of rotatable bonds is 7. The van der Waals surface area contributed by atoms with E-state index in [9.17, 15) is 4.79 Å². The number of unbranched alkanes of at least 4 members (excludes halogenated alkanes) is 4. The third kappa shape index (κ3) is 3.81. The molecule has 1 aromatic carbocycles. The first-order chi connectivity index (χ1) is 9.31. The molecule has 0 radical (unpaired) electrons. The molecular formula is C15H20N2O2. The lowest BCUT2D eigenvalue weighted by molar-refractivity contribution is 0.0498. The van der Waals surface area contributed by atoms with Gasteiger partial charge in [0.05, 0.1) is 29.5 Å². The molecule has 0 saturated heterocycles. The van der Waals surface area contributed by atoms with Gasteiger partial charge in [0.2, 0.25) is 0 Å². The quantitative estimate of drug-likeness (QED) is 0.610. The monoisotopic (exact) mass is 260 g/mol. The van der Waals surface area contributed by atoms with Crippen molar-refractivity contribution in [1.29, 1.82) is 0 Å². The highest BCUT2D eigenvalue weighted by molar-refractivity contribution is 5.93. The first kappa shape index (κ1) is 13.6. The lowest BCUT2D eigenvalue weighted by Crippen LogP contribution is -2.06. The van der Waals surface area contributed by atoms with Gasteiger partial charge in [0.1, 0.15) is 0 Å². The van der Waals surface area contributed by atoms with E-state index in [1.54, 1.807) is 18.5 Å². The van der Waals surface area contributed by atoms with Crippen LogP contribution in [0.15, 0.2) is 24.5 Å². The Bertz CT molecular complexity index is 534. The molecular weight excluding hydrogens is 240 g/mol. The molecule has 0 aliphatic carbocycles. The molecule has 0 saturated carbocycles. The molecule has 19 heavy (non-hydrogen) atoms. The van der Waals surface area contributed by atoms with Gasteiger partial charge in [-0.05, 0) is 24.6 Å². The molecule has 4 nitrogen and oxygen atoms in total. The van der Waals surface area contributed by atoms with Crippen molar-refractivity contribution in [2.75, 3.05) is 6.61 Å². The lowest BCUT2D eigenvalue weighted by Gasteiger charge is -2.04. The van der Waals surface area contributed by atoms with Crippen molar-refractivity contribution in [2.24, 2.45) is 0 Å². The number of carbonyl (C=O) groups is 1. The van der Waals surface area contributed by atoms with Crippen molar-refractivity contribution in [1.82, 2.24) is 9.97 Å². The number of H-pyrrole nitrogens is 1. The van der Waals surface area contributed by atoms with Gasteiger partial charge in [-0.15, -0.1) is 0 Å². The minimum absolute atomic E-state index is 0.257. The summed E-state index contributed by atoms with van der Waals surface area (Å²) in [6.45, 7) is 2.69. The number of aromatic nitrogens is 2. The maximum Gasteiger partial charge on any atom is 0.338 e. The standard InChI is InChI=1S/C15H20N2O2/c1-2-3-4-5-6-9-19-15(18)12-7-8-13-14(10-12)17-11-16-13/h7-8,10-11H,2-6,9H2,1H3,(H,16,17). The molecule has 0 aliphatic heterocycles. The number of imidazole rings is 1. The van der Waals surface area contributed by atoms with E-state index < -0.39 is 0 Å². The molecule has 0 aliphatic rings. The van der Waals surface area contributed by atoms with E-state index in [1.165, 1.54) is 19.3 Å². The third-order valence-corrected chi connectivity index (χ3v) is 3.14. The SMILES string of the molecule is CCCCCCCOC(=O)c1ccc2nc[nH]c2c1. The van der Waals surface area contributed by atoms with Gasteiger partial charge in [0.15, 0.2) is 0 Å². The predicted molar refractivity (Wildman–Crippen MR) is 75.1 cm³/mol. The summed E-state index contributed by atoms with van der Waals surface area (Å²) in [4.78, 5) is 18.9. The summed E-state index contributed by atoms with van der Waals surface area (Å²) in [6, 6.07) is 5.36. The summed E-state index contributed by atoms with van der Waals surface area (Å²) in [5.41, 5.74) is 2.29. The van der Waals surface area contributed by atoms with Gasteiger partial charge in [-0.1, -0.05) is 32.6 Å². The van der Waals surface area contributed by atoms with Crippen LogP contribution in [0.3, 0.4) is 0 Å². The highest BCUT2D eigenvalue weighted by Gasteiger charge is 2.08. The van der Waals surface area contributed by atoms with Crippen molar-refractivity contribution in [3.8, 4) is 0 Å². The minimum Gasteiger partial charge on any atom is -0.462 e. The molecule has 1 heterocycles. The van der Waals surface area contributed by atoms with Crippen LogP contribution in [0.5, 0.6) is 0 Å². The largest absolute Gasteiger partial charge is 0.462 e. The predicted octanol–water partition coefficient (Wildman–Crippen LogP) is 3.69. The second kappa shape index (κ2) is 6.92. The Morgan fingerprint density at radius 2 is 2.11 bits per heavy atom. The van der Waals surface area contributed by atoms with Crippen molar-refractivity contribution in [3.05, 3.63) is 30.1 Å². The molecule has 2 aromatic rings. The Balaban J connectivity index is 1.79. The van der Waals surface area contributed by atoms with Crippen molar-refractivity contribution in [3.63, 3.8) is 0 Å². The van der Waals surface area contributed by atoms with Crippen LogP contribution in [0.25, 0.3) is 11.0 Å². The van der Waals surface area contributed by atoms with Crippen molar-refractivity contribution < 1.29 is 9.53 Å². The Morgan fingerprint density at radius 1 is 1.26 bits per heavy atom. The van der Waals surface area contributed by atoms with Crippen molar-refractivity contribution in [2.45, 2.75) is 39.0 Å². The average molecular weight is 260 g/mol. The molecule has 1 N–H and O–H groups in total. The Hall–Kier alpha value is -1.84. The fourth-order valence-corrected chi connectivity index (χ4v) is 2.02. The first-order valence-electron chi connectivity index (χ1n) is 6.91. The third-order valence-electron chi connectivity index (χ3n) is 3.14. The number of nitrogens with zero attached hydrogens (tertiary/aromatic N) is 1. The van der Waals surface area contributed by atoms with E-state index in [-0.39, 0.29) is 5.97 Å². The Kier molecular flexibility index (Phi) is 4.95. The van der Waals surface area contributed by atoms with Crippen LogP contribution in [0.4, 0.5) is 0 Å². The van der Waals surface area contributed by atoms with Gasteiger partial charge in [-0.3, -0.25) is 0 Å². The minimum atomic E-state index is -0.257. The first-order valence-corrected chi connectivity index (χ1v) is 6.91. The highest BCUT2D eigenvalue weighted by Crippen LogP contribution is 2.12. The smallest absolute Gasteiger partial charge is 0.338 e. The molecule has 102 valence electrons. The Morgan fingerprint density at radius 3 is 2.95 bits per heavy atom. The second-order valence-electron chi connectivity index (χ2n) is 4.68. The zero-order valence-corrected chi connectivity index (χ0v) is 11.3. The van der Waals surface area contributed by atoms with Crippen LogP contribution in [-0.2, 0) is 4.74 Å². The van der Waals surface area contributed by atoms with E-state index in [2.05, 4.69) is 16.9 Å². The van der Waals surface area contributed by atoms with E-state index in [0.29, 0.717) is 12.2 Å². The van der Waals surface area contributed by atoms with Crippen LogP contribution in [0, 0.1) is 0 Å². The van der Waals surface area contributed by atoms with Crippen LogP contribution in [-0.4, -0.2) is 22.5 Å². The van der Waals surface area contributed by atoms with Gasteiger partial charge in [-0.2, -0.15) is 0 Å². The van der Waals surface area contributed by atoms with E-state index in [0.717, 1.165) is 23.9 Å². The van der Waals surface area contributed by atoms with Gasteiger partial charge >= 0.3 is 5.97 Å². The number of carbonyl (C=O) groups excluding carboxylic acids is 1. The lowest BCUT2D eigenvalue weighted by atomic mass is 10.2. The summed E-state index contributed by atoms with van der Waals surface area (Å²) in [5, 5.41) is 0. The summed E-state index contributed by atoms with van der Waals surface area (Å²) in [5.74, 6) is -0.257. The molecule has 1 aromatic heterocycles. The molecule has 0 bridgehead atoms. The van der Waals surface area contributed by atoms with Gasteiger partial charge in [0.25, 0.3) is 0 Å². The molecule has 0 unspecified atom stereocenters. The normalized spacial score (nSPS) is 10.8. The fraction of sp³-hybridized carbons (Fsp3) is 0.467. The van der Waals surface area contributed by atoms with E-state index in [4.69, 9.17) is 4.74 Å². The number of ether oxygens (including phenoxy) is 1. The van der Waals surface area contributed by atoms with Gasteiger partial charge in [0, 0.05) is 0 Å². The maximum atomic E-state index is 11.8. The van der Waals surface area contributed by atoms with Crippen LogP contribution >= 0.6 is 0 Å². The number of aromatic amines is 1. The van der Waals surface area contributed by atoms with Gasteiger partial charge in [-0.25, -0.2) is 9.78 Å². The summed E-state index contributed by atoms with van der Waals surface area (Å²) in [6.07, 6.45) is 7.38. The zero-order valence-electron chi connectivity index (χ0n) is 11.3. The van der Waals surface area contributed by atoms with E-state index in [1.807, 2.05) is 6.07 Å². The van der Waals surface area contributed by atoms with Crippen molar-refractivity contribution >= 4 is 17.0 Å². The molecule has 0 spiro atoms. The molecule has 0 amide bonds. The molecule has 4 heteroatoms. The number of nitrogens with one attached hydrogen (secondary N) is 1. The number of esters is 1. The Labute approximate surface area is 113 Å². The van der Waals surface area contributed by atoms with Crippen LogP contribution in [0.2, 0.25) is 0 Å². The summed E-state index contributed by atoms with van der Waals surface area (Å²) in [7, 11) is 0. The molecule has 0 fully saturated rings. The number of hydrogen-bond donors (Lipinski definition) is 1. The number of hydrogen-bond acceptors (Lipinski definition) is 3. The molecule has 2 rings (SSSR count). The van der Waals surface area contributed by atoms with E-state index >= 15 is 0 Å². The highest BCUT2D eigenvalue weighted by atomic mass is 16.5. The topological polar surface area (TPSA) is 55.0 Å². The maximum absolute atomic E-state index is 11.8. The van der Waals surface area contributed by atoms with Gasteiger partial charge < -0.3 is 9.72 Å². The van der Waals surface area contributed by atoms with Crippen LogP contribution < -0.4 is 0 Å². The zero-order chi connectivity index (χ0) is 13.5.